The highest BCUT2D eigenvalue weighted by atomic mass is 32.1. The van der Waals surface area contributed by atoms with E-state index in [9.17, 15) is 0 Å². The zero-order valence-corrected chi connectivity index (χ0v) is 6.23. The van der Waals surface area contributed by atoms with Crippen LogP contribution >= 0.6 is 24.4 Å². The van der Waals surface area contributed by atoms with E-state index < -0.39 is 0 Å². The number of nitrogens with one attached hydrogen (secondary N) is 1. The molecule has 0 aromatic rings. The average molecular weight is 145 g/mol. The SMILES string of the molecule is CC1CC(=S)NC1=S. The van der Waals surface area contributed by atoms with Crippen LogP contribution in [0.25, 0.3) is 0 Å². The van der Waals surface area contributed by atoms with Crippen LogP contribution in [0, 0.1) is 5.92 Å². The summed E-state index contributed by atoms with van der Waals surface area (Å²) in [5.74, 6) is 0.470. The van der Waals surface area contributed by atoms with E-state index >= 15 is 0 Å². The first-order chi connectivity index (χ1) is 3.70. The van der Waals surface area contributed by atoms with E-state index in [4.69, 9.17) is 24.4 Å². The Morgan fingerprint density at radius 2 is 2.25 bits per heavy atom. The first-order valence-electron chi connectivity index (χ1n) is 2.54. The molecule has 1 atom stereocenters. The quantitative estimate of drug-likeness (QED) is 0.516. The van der Waals surface area contributed by atoms with Gasteiger partial charge in [-0.2, -0.15) is 0 Å². The standard InChI is InChI=1S/C5H7NS2/c1-3-2-4(7)6-5(3)8/h3H,2H2,1H3,(H,6,7,8). The lowest BCUT2D eigenvalue weighted by Crippen LogP contribution is -2.17. The van der Waals surface area contributed by atoms with Crippen LogP contribution in [0.15, 0.2) is 0 Å². The van der Waals surface area contributed by atoms with Crippen molar-refractivity contribution in [3.05, 3.63) is 0 Å². The van der Waals surface area contributed by atoms with Crippen molar-refractivity contribution in [1.82, 2.24) is 5.32 Å². The minimum atomic E-state index is 0.470. The molecule has 0 aromatic heterocycles. The molecule has 1 aliphatic heterocycles. The van der Waals surface area contributed by atoms with Crippen molar-refractivity contribution < 1.29 is 0 Å². The Kier molecular flexibility index (Phi) is 1.58. The monoisotopic (exact) mass is 145 g/mol. The van der Waals surface area contributed by atoms with Crippen molar-refractivity contribution in [3.8, 4) is 0 Å². The van der Waals surface area contributed by atoms with E-state index in [0.29, 0.717) is 5.92 Å². The van der Waals surface area contributed by atoms with Gasteiger partial charge in [0.25, 0.3) is 0 Å². The maximum atomic E-state index is 4.92. The third kappa shape index (κ3) is 1.03. The van der Waals surface area contributed by atoms with Crippen molar-refractivity contribution in [2.45, 2.75) is 13.3 Å². The molecular weight excluding hydrogens is 138 g/mol. The molecule has 1 unspecified atom stereocenters. The third-order valence-corrected chi connectivity index (χ3v) is 1.97. The Labute approximate surface area is 59.5 Å². The fourth-order valence-corrected chi connectivity index (χ4v) is 1.31. The van der Waals surface area contributed by atoms with Crippen LogP contribution in [0.4, 0.5) is 0 Å². The van der Waals surface area contributed by atoms with Crippen molar-refractivity contribution in [2.24, 2.45) is 5.92 Å². The minimum absolute atomic E-state index is 0.470. The van der Waals surface area contributed by atoms with Crippen LogP contribution < -0.4 is 5.32 Å². The van der Waals surface area contributed by atoms with Crippen molar-refractivity contribution >= 4 is 34.4 Å². The Hall–Kier alpha value is -0.0200. The maximum Gasteiger partial charge on any atom is 0.0833 e. The number of hydrogen-bond acceptors (Lipinski definition) is 2. The zero-order chi connectivity index (χ0) is 6.15. The van der Waals surface area contributed by atoms with Crippen LogP contribution in [0.3, 0.4) is 0 Å². The summed E-state index contributed by atoms with van der Waals surface area (Å²) in [6.07, 6.45) is 0.939. The molecule has 1 fully saturated rings. The van der Waals surface area contributed by atoms with E-state index in [0.717, 1.165) is 16.4 Å². The predicted octanol–water partition coefficient (Wildman–Crippen LogP) is 1.27. The Bertz CT molecular complexity index is 141. The van der Waals surface area contributed by atoms with Crippen molar-refractivity contribution in [2.75, 3.05) is 0 Å². The van der Waals surface area contributed by atoms with Gasteiger partial charge in [-0.3, -0.25) is 0 Å². The molecule has 0 radical (unpaired) electrons. The highest BCUT2D eigenvalue weighted by molar-refractivity contribution is 7.82. The summed E-state index contributed by atoms with van der Waals surface area (Å²) in [4.78, 5) is 1.79. The largest absolute Gasteiger partial charge is 0.344 e. The smallest absolute Gasteiger partial charge is 0.0833 e. The normalized spacial score (nSPS) is 28.4. The lowest BCUT2D eigenvalue weighted by atomic mass is 10.2. The molecule has 1 N–H and O–H groups in total. The van der Waals surface area contributed by atoms with E-state index in [2.05, 4.69) is 12.2 Å². The van der Waals surface area contributed by atoms with E-state index in [1.807, 2.05) is 0 Å². The first-order valence-corrected chi connectivity index (χ1v) is 3.35. The van der Waals surface area contributed by atoms with Gasteiger partial charge in [-0.25, -0.2) is 0 Å². The minimum Gasteiger partial charge on any atom is -0.344 e. The topological polar surface area (TPSA) is 12.0 Å². The average Bonchev–Trinajstić information content (AvgIpc) is 1.85. The predicted molar refractivity (Wildman–Crippen MR) is 42.1 cm³/mol. The molecule has 1 nitrogen and oxygen atoms in total. The van der Waals surface area contributed by atoms with Crippen molar-refractivity contribution in [3.63, 3.8) is 0 Å². The van der Waals surface area contributed by atoms with Crippen LogP contribution in [0.1, 0.15) is 13.3 Å². The second-order valence-corrected chi connectivity index (χ2v) is 2.95. The molecule has 0 aliphatic carbocycles. The van der Waals surface area contributed by atoms with Gasteiger partial charge in [0, 0.05) is 12.3 Å². The molecule has 0 saturated carbocycles. The van der Waals surface area contributed by atoms with E-state index in [-0.39, 0.29) is 0 Å². The molecule has 0 amide bonds. The summed E-state index contributed by atoms with van der Waals surface area (Å²) in [5.41, 5.74) is 0. The number of hydrogen-bond donors (Lipinski definition) is 1. The van der Waals surface area contributed by atoms with Gasteiger partial charge in [-0.1, -0.05) is 31.4 Å². The van der Waals surface area contributed by atoms with Gasteiger partial charge >= 0.3 is 0 Å². The number of thiocarbonyl (C=S) groups is 2. The van der Waals surface area contributed by atoms with E-state index in [1.165, 1.54) is 0 Å². The Balaban J connectivity index is 2.64. The Morgan fingerprint density at radius 1 is 1.62 bits per heavy atom. The highest BCUT2D eigenvalue weighted by Crippen LogP contribution is 2.10. The van der Waals surface area contributed by atoms with Crippen LogP contribution in [-0.2, 0) is 0 Å². The summed E-state index contributed by atoms with van der Waals surface area (Å²) in [5, 5.41) is 2.93. The van der Waals surface area contributed by atoms with Gasteiger partial charge < -0.3 is 5.32 Å². The summed E-state index contributed by atoms with van der Waals surface area (Å²) in [6, 6.07) is 0. The highest BCUT2D eigenvalue weighted by Gasteiger charge is 2.18. The second kappa shape index (κ2) is 2.07. The van der Waals surface area contributed by atoms with Crippen LogP contribution in [0.5, 0.6) is 0 Å². The van der Waals surface area contributed by atoms with E-state index in [1.54, 1.807) is 0 Å². The zero-order valence-electron chi connectivity index (χ0n) is 4.60. The van der Waals surface area contributed by atoms with Gasteiger partial charge in [-0.05, 0) is 0 Å². The molecule has 0 aromatic carbocycles. The molecule has 0 bridgehead atoms. The molecular formula is C5H7NS2. The summed E-state index contributed by atoms with van der Waals surface area (Å²) in [6.45, 7) is 2.08. The fraction of sp³-hybridized carbons (Fsp3) is 0.600. The van der Waals surface area contributed by atoms with Gasteiger partial charge in [0.2, 0.25) is 0 Å². The summed E-state index contributed by atoms with van der Waals surface area (Å²) in [7, 11) is 0. The summed E-state index contributed by atoms with van der Waals surface area (Å²) >= 11 is 9.79. The first kappa shape index (κ1) is 6.11. The third-order valence-electron chi connectivity index (χ3n) is 1.20. The molecule has 1 rings (SSSR count). The van der Waals surface area contributed by atoms with Gasteiger partial charge in [0.15, 0.2) is 0 Å². The molecule has 8 heavy (non-hydrogen) atoms. The van der Waals surface area contributed by atoms with Gasteiger partial charge in [0.1, 0.15) is 0 Å². The fourth-order valence-electron chi connectivity index (χ4n) is 0.682. The van der Waals surface area contributed by atoms with Crippen LogP contribution in [-0.4, -0.2) is 9.98 Å². The summed E-state index contributed by atoms with van der Waals surface area (Å²) < 4.78 is 0. The molecule has 1 aliphatic rings. The molecule has 3 heteroatoms. The van der Waals surface area contributed by atoms with Gasteiger partial charge in [-0.15, -0.1) is 0 Å². The lowest BCUT2D eigenvalue weighted by molar-refractivity contribution is 0.859. The maximum absolute atomic E-state index is 4.92. The second-order valence-electron chi connectivity index (χ2n) is 2.02. The van der Waals surface area contributed by atoms with Crippen molar-refractivity contribution in [1.29, 1.82) is 0 Å². The molecule has 1 heterocycles. The lowest BCUT2D eigenvalue weighted by Gasteiger charge is -1.93. The number of rotatable bonds is 0. The Morgan fingerprint density at radius 3 is 2.38 bits per heavy atom. The molecule has 44 valence electrons. The molecule has 1 saturated heterocycles. The van der Waals surface area contributed by atoms with Gasteiger partial charge in [0.05, 0.1) is 9.98 Å². The van der Waals surface area contributed by atoms with Crippen LogP contribution in [0.2, 0.25) is 0 Å². The molecule has 0 spiro atoms.